The first-order valence-corrected chi connectivity index (χ1v) is 11.3. The number of likely N-dealkylation sites (tertiary alicyclic amines) is 1. The summed E-state index contributed by atoms with van der Waals surface area (Å²) in [5.74, 6) is 1.21. The largest absolute Gasteiger partial charge is 0.497 e. The lowest BCUT2D eigenvalue weighted by molar-refractivity contribution is -0.133. The Bertz CT molecular complexity index is 1260. The SMILES string of the molecule is COc1cc(CO)cc(NC(C(=O)N2CCCC2c2cc(C)on2)c2cc3ccccn3n2)c1. The zero-order valence-electron chi connectivity index (χ0n) is 19.1. The minimum absolute atomic E-state index is 0.0973. The summed E-state index contributed by atoms with van der Waals surface area (Å²) in [5.41, 5.74) is 3.60. The lowest BCUT2D eigenvalue weighted by Crippen LogP contribution is -2.38. The number of aliphatic hydroxyl groups is 1. The van der Waals surface area contributed by atoms with Gasteiger partial charge in [-0.25, -0.2) is 4.52 Å². The molecule has 0 bridgehead atoms. The third-order valence-corrected chi connectivity index (χ3v) is 6.15. The van der Waals surface area contributed by atoms with Crippen LogP contribution in [0.3, 0.4) is 0 Å². The number of nitrogens with one attached hydrogen (secondary N) is 1. The van der Waals surface area contributed by atoms with Gasteiger partial charge < -0.3 is 24.6 Å². The fourth-order valence-corrected chi connectivity index (χ4v) is 4.53. The summed E-state index contributed by atoms with van der Waals surface area (Å²) < 4.78 is 12.4. The van der Waals surface area contributed by atoms with Crippen molar-refractivity contribution in [3.05, 3.63) is 77.4 Å². The van der Waals surface area contributed by atoms with Gasteiger partial charge in [-0.15, -0.1) is 0 Å². The Morgan fingerprint density at radius 3 is 2.91 bits per heavy atom. The van der Waals surface area contributed by atoms with Gasteiger partial charge >= 0.3 is 0 Å². The Balaban J connectivity index is 1.53. The number of pyridine rings is 1. The molecule has 4 aromatic rings. The number of ether oxygens (including phenoxy) is 1. The van der Waals surface area contributed by atoms with Crippen LogP contribution in [0.2, 0.25) is 0 Å². The fourth-order valence-electron chi connectivity index (χ4n) is 4.53. The molecule has 1 amide bonds. The van der Waals surface area contributed by atoms with Crippen LogP contribution in [0.5, 0.6) is 5.75 Å². The van der Waals surface area contributed by atoms with Crippen molar-refractivity contribution >= 4 is 17.1 Å². The lowest BCUT2D eigenvalue weighted by atomic mass is 10.1. The molecule has 3 aromatic heterocycles. The molecule has 34 heavy (non-hydrogen) atoms. The smallest absolute Gasteiger partial charge is 0.251 e. The lowest BCUT2D eigenvalue weighted by Gasteiger charge is -2.28. The van der Waals surface area contributed by atoms with Crippen LogP contribution in [-0.2, 0) is 11.4 Å². The number of rotatable bonds is 7. The van der Waals surface area contributed by atoms with Crippen LogP contribution < -0.4 is 10.1 Å². The van der Waals surface area contributed by atoms with E-state index >= 15 is 0 Å². The molecule has 0 spiro atoms. The highest BCUT2D eigenvalue weighted by Crippen LogP contribution is 2.35. The molecule has 0 aliphatic carbocycles. The number of anilines is 1. The van der Waals surface area contributed by atoms with Crippen LogP contribution >= 0.6 is 0 Å². The molecule has 1 aliphatic heterocycles. The molecule has 2 unspecified atom stereocenters. The number of aromatic nitrogens is 3. The van der Waals surface area contributed by atoms with Crippen molar-refractivity contribution in [1.82, 2.24) is 19.7 Å². The number of hydrogen-bond acceptors (Lipinski definition) is 7. The van der Waals surface area contributed by atoms with E-state index in [2.05, 4.69) is 15.6 Å². The molecular formula is C25H27N5O4. The molecule has 0 saturated carbocycles. The van der Waals surface area contributed by atoms with E-state index in [0.29, 0.717) is 29.2 Å². The second-order valence-electron chi connectivity index (χ2n) is 8.50. The zero-order chi connectivity index (χ0) is 23.7. The van der Waals surface area contributed by atoms with E-state index in [-0.39, 0.29) is 18.6 Å². The summed E-state index contributed by atoms with van der Waals surface area (Å²) in [4.78, 5) is 15.9. The van der Waals surface area contributed by atoms with Crippen LogP contribution in [-0.4, -0.2) is 44.3 Å². The van der Waals surface area contributed by atoms with Crippen molar-refractivity contribution in [3.8, 4) is 5.75 Å². The highest BCUT2D eigenvalue weighted by atomic mass is 16.5. The molecule has 5 rings (SSSR count). The summed E-state index contributed by atoms with van der Waals surface area (Å²) in [6.07, 6.45) is 3.56. The molecule has 1 fully saturated rings. The van der Waals surface area contributed by atoms with Gasteiger partial charge in [0.1, 0.15) is 17.2 Å². The van der Waals surface area contributed by atoms with E-state index in [1.165, 1.54) is 0 Å². The minimum Gasteiger partial charge on any atom is -0.497 e. The van der Waals surface area contributed by atoms with Crippen LogP contribution in [0.25, 0.3) is 5.52 Å². The van der Waals surface area contributed by atoms with E-state index in [1.54, 1.807) is 29.8 Å². The van der Waals surface area contributed by atoms with Crippen molar-refractivity contribution in [3.63, 3.8) is 0 Å². The first-order chi connectivity index (χ1) is 16.6. The number of hydrogen-bond donors (Lipinski definition) is 2. The van der Waals surface area contributed by atoms with Gasteiger partial charge in [-0.05, 0) is 55.7 Å². The first kappa shape index (κ1) is 22.0. The van der Waals surface area contributed by atoms with Gasteiger partial charge in [0.2, 0.25) is 0 Å². The number of nitrogens with zero attached hydrogens (tertiary/aromatic N) is 4. The topological polar surface area (TPSA) is 105 Å². The second kappa shape index (κ2) is 9.18. The maximum absolute atomic E-state index is 14.0. The fraction of sp³-hybridized carbons (Fsp3) is 0.320. The predicted molar refractivity (Wildman–Crippen MR) is 125 cm³/mol. The molecule has 1 aromatic carbocycles. The number of carbonyl (C=O) groups excluding carboxylic acids is 1. The number of aliphatic hydroxyl groups excluding tert-OH is 1. The van der Waals surface area contributed by atoms with Gasteiger partial charge in [-0.1, -0.05) is 11.2 Å². The maximum atomic E-state index is 14.0. The van der Waals surface area contributed by atoms with E-state index in [4.69, 9.17) is 9.26 Å². The van der Waals surface area contributed by atoms with Gasteiger partial charge in [0.15, 0.2) is 6.04 Å². The summed E-state index contributed by atoms with van der Waals surface area (Å²) in [6, 6.07) is 14.1. The Labute approximate surface area is 196 Å². The van der Waals surface area contributed by atoms with Gasteiger partial charge in [-0.3, -0.25) is 4.79 Å². The monoisotopic (exact) mass is 461 g/mol. The molecule has 2 N–H and O–H groups in total. The Kier molecular flexibility index (Phi) is 5.93. The van der Waals surface area contributed by atoms with E-state index in [0.717, 1.165) is 29.8 Å². The molecule has 1 aliphatic rings. The summed E-state index contributed by atoms with van der Waals surface area (Å²) >= 11 is 0. The van der Waals surface area contributed by atoms with Gasteiger partial charge in [-0.2, -0.15) is 5.10 Å². The van der Waals surface area contributed by atoms with Crippen molar-refractivity contribution in [1.29, 1.82) is 0 Å². The molecular weight excluding hydrogens is 434 g/mol. The van der Waals surface area contributed by atoms with Crippen LogP contribution in [0.1, 0.15) is 47.6 Å². The van der Waals surface area contributed by atoms with E-state index in [9.17, 15) is 9.90 Å². The Hall–Kier alpha value is -3.85. The summed E-state index contributed by atoms with van der Waals surface area (Å²) in [5, 5.41) is 21.9. The molecule has 0 radical (unpaired) electrons. The predicted octanol–water partition coefficient (Wildman–Crippen LogP) is 3.65. The quantitative estimate of drug-likeness (QED) is 0.433. The summed E-state index contributed by atoms with van der Waals surface area (Å²) in [7, 11) is 1.57. The molecule has 4 heterocycles. The number of methoxy groups -OCH3 is 1. The Morgan fingerprint density at radius 2 is 2.18 bits per heavy atom. The number of benzene rings is 1. The minimum atomic E-state index is -0.743. The standard InChI is InChI=1S/C25H27N5O4/c1-16-10-21(28-34-16)23-7-5-8-29(23)25(32)24(22-14-19-6-3-4-9-30(19)27-22)26-18-11-17(15-31)12-20(13-18)33-2/h3-4,6,9-14,23-24,26,31H,5,7-8,15H2,1-2H3. The normalized spacial score (nSPS) is 16.7. The third-order valence-electron chi connectivity index (χ3n) is 6.15. The summed E-state index contributed by atoms with van der Waals surface area (Å²) in [6.45, 7) is 2.33. The van der Waals surface area contributed by atoms with Crippen molar-refractivity contribution in [2.75, 3.05) is 19.0 Å². The highest BCUT2D eigenvalue weighted by molar-refractivity contribution is 5.87. The maximum Gasteiger partial charge on any atom is 0.251 e. The molecule has 176 valence electrons. The number of fused-ring (bicyclic) bond motifs is 1. The molecule has 1 saturated heterocycles. The Morgan fingerprint density at radius 1 is 1.29 bits per heavy atom. The van der Waals surface area contributed by atoms with Crippen molar-refractivity contribution < 1.29 is 19.2 Å². The average Bonchev–Trinajstić information content (AvgIpc) is 3.60. The number of aryl methyl sites for hydroxylation is 1. The first-order valence-electron chi connectivity index (χ1n) is 11.3. The van der Waals surface area contributed by atoms with Crippen LogP contribution in [0, 0.1) is 6.92 Å². The molecule has 9 nitrogen and oxygen atoms in total. The van der Waals surface area contributed by atoms with E-state index in [1.807, 2.05) is 48.4 Å². The van der Waals surface area contributed by atoms with Gasteiger partial charge in [0.25, 0.3) is 5.91 Å². The van der Waals surface area contributed by atoms with Crippen LogP contribution in [0.15, 0.2) is 59.3 Å². The van der Waals surface area contributed by atoms with Crippen LogP contribution in [0.4, 0.5) is 5.69 Å². The number of amides is 1. The van der Waals surface area contributed by atoms with Gasteiger partial charge in [0, 0.05) is 30.6 Å². The zero-order valence-corrected chi connectivity index (χ0v) is 19.1. The third kappa shape index (κ3) is 4.22. The van der Waals surface area contributed by atoms with E-state index < -0.39 is 6.04 Å². The average molecular weight is 462 g/mol. The molecule has 2 atom stereocenters. The van der Waals surface area contributed by atoms with Crippen molar-refractivity contribution in [2.45, 2.75) is 38.5 Å². The molecule has 9 heteroatoms. The second-order valence-corrected chi connectivity index (χ2v) is 8.50. The van der Waals surface area contributed by atoms with Gasteiger partial charge in [0.05, 0.1) is 31.0 Å². The highest BCUT2D eigenvalue weighted by Gasteiger charge is 2.37. The number of carbonyl (C=O) groups is 1. The van der Waals surface area contributed by atoms with Crippen molar-refractivity contribution in [2.24, 2.45) is 0 Å².